The van der Waals surface area contributed by atoms with E-state index in [2.05, 4.69) is 32.7 Å². The van der Waals surface area contributed by atoms with Gasteiger partial charge < -0.3 is 10.6 Å². The maximum absolute atomic E-state index is 12.6. The second-order valence-electron chi connectivity index (χ2n) is 7.07. The van der Waals surface area contributed by atoms with E-state index in [1.807, 2.05) is 36.7 Å². The van der Waals surface area contributed by atoms with Crippen LogP contribution >= 0.6 is 0 Å². The van der Waals surface area contributed by atoms with E-state index >= 15 is 0 Å². The van der Waals surface area contributed by atoms with Crippen LogP contribution in [0.1, 0.15) is 35.2 Å². The molecule has 2 N–H and O–H groups in total. The van der Waals surface area contributed by atoms with Crippen LogP contribution < -0.4 is 10.6 Å². The van der Waals surface area contributed by atoms with Crippen molar-refractivity contribution in [2.45, 2.75) is 43.6 Å². The van der Waals surface area contributed by atoms with Gasteiger partial charge in [-0.1, -0.05) is 12.1 Å². The summed E-state index contributed by atoms with van der Waals surface area (Å²) < 4.78 is 0. The summed E-state index contributed by atoms with van der Waals surface area (Å²) in [5.41, 5.74) is 2.65. The second-order valence-corrected chi connectivity index (χ2v) is 7.07. The summed E-state index contributed by atoms with van der Waals surface area (Å²) in [6, 6.07) is 12.8. The van der Waals surface area contributed by atoms with E-state index in [4.69, 9.17) is 0 Å². The molecule has 0 radical (unpaired) electrons. The number of nitrogens with zero attached hydrogens (tertiary/aromatic N) is 2. The van der Waals surface area contributed by atoms with Crippen molar-refractivity contribution in [1.82, 2.24) is 15.2 Å². The lowest BCUT2D eigenvalue weighted by Gasteiger charge is -2.43. The van der Waals surface area contributed by atoms with E-state index in [1.165, 1.54) is 12.0 Å². The lowest BCUT2D eigenvalue weighted by molar-refractivity contribution is 0.0870. The minimum Gasteiger partial charge on any atom is -0.361 e. The van der Waals surface area contributed by atoms with Gasteiger partial charge in [-0.15, -0.1) is 0 Å². The number of hydrogen-bond acceptors (Lipinski definition) is 4. The molecule has 1 amide bonds. The van der Waals surface area contributed by atoms with Crippen molar-refractivity contribution in [3.8, 4) is 0 Å². The summed E-state index contributed by atoms with van der Waals surface area (Å²) in [6.45, 7) is 0.915. The molecule has 2 bridgehead atoms. The van der Waals surface area contributed by atoms with E-state index in [9.17, 15) is 4.79 Å². The molecule has 2 saturated heterocycles. The van der Waals surface area contributed by atoms with Crippen LogP contribution in [-0.4, -0.2) is 33.5 Å². The molecule has 2 fully saturated rings. The zero-order valence-corrected chi connectivity index (χ0v) is 13.4. The Morgan fingerprint density at radius 2 is 1.96 bits per heavy atom. The molecule has 1 aromatic heterocycles. The van der Waals surface area contributed by atoms with Gasteiger partial charge in [0.25, 0.3) is 5.91 Å². The highest BCUT2D eigenvalue weighted by atomic mass is 16.2. The summed E-state index contributed by atoms with van der Waals surface area (Å²) in [6.07, 6.45) is 6.98. The molecule has 5 heteroatoms. The van der Waals surface area contributed by atoms with Crippen molar-refractivity contribution in [3.63, 3.8) is 0 Å². The number of rotatable bonds is 2. The lowest BCUT2D eigenvalue weighted by atomic mass is 9.86. The molecule has 122 valence electrons. The predicted molar refractivity (Wildman–Crippen MR) is 91.5 cm³/mol. The third-order valence-electron chi connectivity index (χ3n) is 5.75. The van der Waals surface area contributed by atoms with Gasteiger partial charge in [-0.2, -0.15) is 0 Å². The molecule has 2 aromatic rings. The third-order valence-corrected chi connectivity index (χ3v) is 5.75. The first-order valence-corrected chi connectivity index (χ1v) is 8.60. The molecule has 3 aliphatic rings. The Morgan fingerprint density at radius 1 is 1.12 bits per heavy atom. The van der Waals surface area contributed by atoms with Crippen LogP contribution in [0.2, 0.25) is 0 Å². The molecule has 5 rings (SSSR count). The molecular formula is C19H20N4O. The zero-order chi connectivity index (χ0) is 16.1. The average Bonchev–Trinajstić information content (AvgIpc) is 3.10. The number of fused-ring (bicyclic) bond motifs is 4. The highest BCUT2D eigenvalue weighted by Gasteiger charge is 2.58. The van der Waals surface area contributed by atoms with Crippen LogP contribution in [0.4, 0.5) is 5.69 Å². The maximum Gasteiger partial charge on any atom is 0.255 e. The van der Waals surface area contributed by atoms with Crippen LogP contribution in [-0.2, 0) is 6.54 Å². The van der Waals surface area contributed by atoms with Crippen molar-refractivity contribution >= 4 is 11.6 Å². The predicted octanol–water partition coefficient (Wildman–Crippen LogP) is 2.37. The number of amides is 1. The Hall–Kier alpha value is -2.40. The molecule has 1 spiro atoms. The fraction of sp³-hybridized carbons (Fsp3) is 0.368. The van der Waals surface area contributed by atoms with Gasteiger partial charge >= 0.3 is 0 Å². The number of pyridine rings is 1. The van der Waals surface area contributed by atoms with Gasteiger partial charge in [0.05, 0.1) is 11.6 Å². The number of para-hydroxylation sites is 1. The molecule has 4 heterocycles. The summed E-state index contributed by atoms with van der Waals surface area (Å²) in [4.78, 5) is 19.3. The van der Waals surface area contributed by atoms with Crippen LogP contribution in [0, 0.1) is 0 Å². The van der Waals surface area contributed by atoms with E-state index < -0.39 is 0 Å². The van der Waals surface area contributed by atoms with Crippen LogP contribution in [0.25, 0.3) is 0 Å². The Morgan fingerprint density at radius 3 is 2.83 bits per heavy atom. The maximum atomic E-state index is 12.6. The van der Waals surface area contributed by atoms with Crippen LogP contribution in [0.3, 0.4) is 0 Å². The van der Waals surface area contributed by atoms with E-state index in [0.29, 0.717) is 12.1 Å². The lowest BCUT2D eigenvalue weighted by Crippen LogP contribution is -2.64. The zero-order valence-electron chi connectivity index (χ0n) is 13.4. The average molecular weight is 320 g/mol. The highest BCUT2D eigenvalue weighted by molar-refractivity contribution is 6.02. The van der Waals surface area contributed by atoms with Crippen molar-refractivity contribution in [1.29, 1.82) is 0 Å². The Balaban J connectivity index is 1.46. The fourth-order valence-corrected chi connectivity index (χ4v) is 4.73. The van der Waals surface area contributed by atoms with Crippen molar-refractivity contribution in [2.75, 3.05) is 5.32 Å². The topological polar surface area (TPSA) is 57.3 Å². The second kappa shape index (κ2) is 5.05. The molecule has 5 nitrogen and oxygen atoms in total. The Bertz CT molecular complexity index is 793. The highest BCUT2D eigenvalue weighted by Crippen LogP contribution is 2.47. The number of hydrogen-bond donors (Lipinski definition) is 2. The molecule has 1 aromatic carbocycles. The summed E-state index contributed by atoms with van der Waals surface area (Å²) in [5, 5.41) is 6.96. The van der Waals surface area contributed by atoms with Gasteiger partial charge in [-0.25, -0.2) is 0 Å². The molecule has 24 heavy (non-hydrogen) atoms. The molecule has 3 aliphatic heterocycles. The normalized spacial score (nSPS) is 30.9. The number of anilines is 1. The van der Waals surface area contributed by atoms with Gasteiger partial charge in [0.2, 0.25) is 0 Å². The molecule has 0 saturated carbocycles. The number of benzene rings is 1. The SMILES string of the molecule is O=C1NC2(CC3CCC2N3Cc2ccncc2)Nc2ccccc21. The number of carbonyl (C=O) groups is 1. The van der Waals surface area contributed by atoms with Crippen molar-refractivity contribution in [3.05, 3.63) is 59.9 Å². The Labute approximate surface area is 141 Å². The number of nitrogens with one attached hydrogen (secondary N) is 2. The summed E-state index contributed by atoms with van der Waals surface area (Å²) >= 11 is 0. The first-order valence-electron chi connectivity index (χ1n) is 8.60. The smallest absolute Gasteiger partial charge is 0.255 e. The monoisotopic (exact) mass is 320 g/mol. The first kappa shape index (κ1) is 14.0. The van der Waals surface area contributed by atoms with Gasteiger partial charge in [0.15, 0.2) is 0 Å². The van der Waals surface area contributed by atoms with Crippen LogP contribution in [0.5, 0.6) is 0 Å². The summed E-state index contributed by atoms with van der Waals surface area (Å²) in [5.74, 6) is 0.0424. The minimum atomic E-state index is -0.332. The van der Waals surface area contributed by atoms with Gasteiger partial charge in [-0.05, 0) is 42.7 Å². The van der Waals surface area contributed by atoms with Gasteiger partial charge in [0.1, 0.15) is 5.66 Å². The first-order chi connectivity index (χ1) is 11.8. The molecule has 3 unspecified atom stereocenters. The molecular weight excluding hydrogens is 300 g/mol. The van der Waals surface area contributed by atoms with Gasteiger partial charge in [-0.3, -0.25) is 14.7 Å². The number of aromatic nitrogens is 1. The fourth-order valence-electron chi connectivity index (χ4n) is 4.73. The largest absolute Gasteiger partial charge is 0.361 e. The third kappa shape index (κ3) is 1.97. The van der Waals surface area contributed by atoms with E-state index in [1.54, 1.807) is 0 Å². The number of carbonyl (C=O) groups excluding carboxylic acids is 1. The van der Waals surface area contributed by atoms with Crippen molar-refractivity contribution in [2.24, 2.45) is 0 Å². The Kier molecular flexibility index (Phi) is 2.94. The standard InChI is InChI=1S/C19H20N4O/c24-18-15-3-1-2-4-16(15)21-19(22-18)11-14-5-6-17(19)23(14)12-13-7-9-20-10-8-13/h1-4,7-10,14,17,21H,5-6,11-12H2,(H,22,24). The molecule has 3 atom stereocenters. The quantitative estimate of drug-likeness (QED) is 0.892. The van der Waals surface area contributed by atoms with E-state index in [-0.39, 0.29) is 11.6 Å². The van der Waals surface area contributed by atoms with Crippen molar-refractivity contribution < 1.29 is 4.79 Å². The summed E-state index contributed by atoms with van der Waals surface area (Å²) in [7, 11) is 0. The van der Waals surface area contributed by atoms with Crippen LogP contribution in [0.15, 0.2) is 48.8 Å². The molecule has 0 aliphatic carbocycles. The van der Waals surface area contributed by atoms with Gasteiger partial charge in [0, 0.05) is 37.1 Å². The van der Waals surface area contributed by atoms with E-state index in [0.717, 1.165) is 30.6 Å². The minimum absolute atomic E-state index is 0.0424.